The van der Waals surface area contributed by atoms with Gasteiger partial charge in [-0.15, -0.1) is 23.4 Å². The number of carboxylic acids is 1. The number of aromatic nitrogens is 2. The van der Waals surface area contributed by atoms with Gasteiger partial charge < -0.3 is 21.0 Å². The first-order chi connectivity index (χ1) is 23.6. The second kappa shape index (κ2) is 16.0. The molecule has 2 aliphatic rings. The molecule has 0 saturated carbocycles. The minimum Gasteiger partial charge on any atom is -0.477 e. The lowest BCUT2D eigenvalue weighted by atomic mass is 9.77. The predicted molar refractivity (Wildman–Crippen MR) is 184 cm³/mol. The van der Waals surface area contributed by atoms with Gasteiger partial charge in [0.1, 0.15) is 11.2 Å². The molecule has 3 aromatic carbocycles. The van der Waals surface area contributed by atoms with Crippen LogP contribution in [0.4, 0.5) is 13.9 Å². The number of amides is 2. The molecule has 1 fully saturated rings. The minimum absolute atomic E-state index is 0.0144. The maximum Gasteiger partial charge on any atom is 0.352 e. The van der Waals surface area contributed by atoms with Crippen LogP contribution in [-0.4, -0.2) is 72.9 Å². The number of carboxylic acid groups (broad SMARTS) is 1. The molecule has 0 bridgehead atoms. The average molecular weight is 727 g/mol. The number of aliphatic carboxylic acids is 1. The van der Waals surface area contributed by atoms with E-state index in [4.69, 9.17) is 22.4 Å². The summed E-state index contributed by atoms with van der Waals surface area (Å²) in [5.41, 5.74) is 7.61. The number of carbonyl (C=O) groups is 3. The van der Waals surface area contributed by atoms with Gasteiger partial charge in [-0.2, -0.15) is 9.36 Å². The third-order valence-corrected chi connectivity index (χ3v) is 9.67. The van der Waals surface area contributed by atoms with Gasteiger partial charge in [0.15, 0.2) is 6.61 Å². The summed E-state index contributed by atoms with van der Waals surface area (Å²) in [6.45, 7) is -0.981. The van der Waals surface area contributed by atoms with Crippen LogP contribution in [0.5, 0.6) is 0 Å². The monoisotopic (exact) mass is 726 g/mol. The van der Waals surface area contributed by atoms with Crippen molar-refractivity contribution < 1.29 is 33.1 Å². The van der Waals surface area contributed by atoms with Crippen molar-refractivity contribution in [3.8, 4) is 0 Å². The molecule has 1 aromatic heterocycles. The Balaban J connectivity index is 0.000000278. The number of alkyl halides is 3. The number of fused-ring (bicyclic) bond motifs is 1. The van der Waals surface area contributed by atoms with E-state index < -0.39 is 36.2 Å². The number of hydrogen-bond donors (Lipinski definition) is 3. The number of β-lactam (4-membered cyclic amide) rings is 1. The summed E-state index contributed by atoms with van der Waals surface area (Å²) in [7, 11) is 0. The molecular formula is C33H29ClF2N6O5S2. The molecule has 254 valence electrons. The SMILES string of the molecule is NC(=O)/C(=N\OCC(F)F)c1nsc(NC(c2ccccc2)(c2ccccc2)c2ccccc2)n1.O=C(O)C1=C(CCl)CS[C@@H]2CC(=O)N12. The van der Waals surface area contributed by atoms with Crippen LogP contribution in [-0.2, 0) is 24.8 Å². The molecule has 16 heteroatoms. The molecule has 1 atom stereocenters. The number of rotatable bonds is 12. The van der Waals surface area contributed by atoms with Gasteiger partial charge in [0, 0.05) is 23.2 Å². The average Bonchev–Trinajstić information content (AvgIpc) is 3.57. The highest BCUT2D eigenvalue weighted by atomic mass is 35.5. The van der Waals surface area contributed by atoms with Crippen LogP contribution in [0.3, 0.4) is 0 Å². The number of nitrogens with zero attached hydrogens (tertiary/aromatic N) is 4. The topological polar surface area (TPSA) is 160 Å². The summed E-state index contributed by atoms with van der Waals surface area (Å²) in [5, 5.41) is 16.3. The Morgan fingerprint density at radius 1 is 1.04 bits per heavy atom. The summed E-state index contributed by atoms with van der Waals surface area (Å²) in [6.07, 6.45) is -2.31. The lowest BCUT2D eigenvalue weighted by molar-refractivity contribution is -0.146. The Hall–Kier alpha value is -4.86. The molecule has 2 amide bonds. The van der Waals surface area contributed by atoms with Crippen molar-refractivity contribution in [2.75, 3.05) is 23.6 Å². The second-order valence-electron chi connectivity index (χ2n) is 10.5. The molecule has 6 rings (SSSR count). The van der Waals surface area contributed by atoms with Gasteiger partial charge in [-0.05, 0) is 22.3 Å². The van der Waals surface area contributed by atoms with Gasteiger partial charge >= 0.3 is 5.97 Å². The molecule has 11 nitrogen and oxygen atoms in total. The van der Waals surface area contributed by atoms with Gasteiger partial charge in [0.05, 0.1) is 11.8 Å². The number of hydrogen-bond acceptors (Lipinski definition) is 10. The number of oxime groups is 1. The summed E-state index contributed by atoms with van der Waals surface area (Å²) in [4.78, 5) is 44.3. The van der Waals surface area contributed by atoms with Crippen molar-refractivity contribution in [3.63, 3.8) is 0 Å². The highest BCUT2D eigenvalue weighted by molar-refractivity contribution is 8.00. The molecule has 4 aromatic rings. The largest absolute Gasteiger partial charge is 0.477 e. The van der Waals surface area contributed by atoms with Crippen molar-refractivity contribution in [1.82, 2.24) is 14.3 Å². The third-order valence-electron chi connectivity index (χ3n) is 7.44. The summed E-state index contributed by atoms with van der Waals surface area (Å²) in [5.74, 6) is -1.52. The normalized spacial score (nSPS) is 15.9. The van der Waals surface area contributed by atoms with E-state index in [2.05, 4.69) is 24.7 Å². The number of nitrogens with one attached hydrogen (secondary N) is 1. The molecule has 4 N–H and O–H groups in total. The zero-order valence-corrected chi connectivity index (χ0v) is 27.9. The van der Waals surface area contributed by atoms with Crippen LogP contribution in [0.25, 0.3) is 0 Å². The zero-order chi connectivity index (χ0) is 35.0. The summed E-state index contributed by atoms with van der Waals surface area (Å²) < 4.78 is 29.0. The predicted octanol–water partition coefficient (Wildman–Crippen LogP) is 5.28. The van der Waals surface area contributed by atoms with E-state index in [-0.39, 0.29) is 28.7 Å². The minimum atomic E-state index is -2.75. The van der Waals surface area contributed by atoms with Gasteiger partial charge in [-0.3, -0.25) is 14.5 Å². The van der Waals surface area contributed by atoms with Gasteiger partial charge in [-0.25, -0.2) is 13.6 Å². The number of thioether (sulfide) groups is 1. The first-order valence-corrected chi connectivity index (χ1v) is 17.0. The molecule has 1 saturated heterocycles. The van der Waals surface area contributed by atoms with E-state index in [0.29, 0.717) is 22.9 Å². The van der Waals surface area contributed by atoms with Crippen LogP contribution in [0.15, 0.2) is 107 Å². The zero-order valence-electron chi connectivity index (χ0n) is 25.5. The number of primary amides is 1. The van der Waals surface area contributed by atoms with Crippen LogP contribution in [0.1, 0.15) is 28.9 Å². The molecule has 0 unspecified atom stereocenters. The van der Waals surface area contributed by atoms with Crippen LogP contribution in [0, 0.1) is 0 Å². The fraction of sp³-hybridized carbons (Fsp3) is 0.212. The van der Waals surface area contributed by atoms with E-state index in [9.17, 15) is 23.2 Å². The van der Waals surface area contributed by atoms with E-state index in [1.54, 1.807) is 11.8 Å². The molecule has 0 aliphatic carbocycles. The number of anilines is 1. The molecular weight excluding hydrogens is 698 g/mol. The molecule has 2 aliphatic heterocycles. The lowest BCUT2D eigenvalue weighted by Gasteiger charge is -2.43. The fourth-order valence-electron chi connectivity index (χ4n) is 5.25. The lowest BCUT2D eigenvalue weighted by Crippen LogP contribution is -2.54. The second-order valence-corrected chi connectivity index (χ2v) is 12.7. The highest BCUT2D eigenvalue weighted by Gasteiger charge is 2.45. The van der Waals surface area contributed by atoms with Crippen LogP contribution in [0.2, 0.25) is 0 Å². The summed E-state index contributed by atoms with van der Waals surface area (Å²) >= 11 is 8.18. The summed E-state index contributed by atoms with van der Waals surface area (Å²) in [6, 6.07) is 29.5. The Morgan fingerprint density at radius 2 is 1.59 bits per heavy atom. The first-order valence-electron chi connectivity index (χ1n) is 14.7. The fourth-order valence-corrected chi connectivity index (χ4v) is 7.47. The van der Waals surface area contributed by atoms with Crippen LogP contribution < -0.4 is 11.1 Å². The van der Waals surface area contributed by atoms with E-state index >= 15 is 0 Å². The quantitative estimate of drug-likeness (QED) is 0.0580. The molecule has 3 heterocycles. The number of benzene rings is 3. The van der Waals surface area contributed by atoms with Crippen molar-refractivity contribution in [3.05, 3.63) is 125 Å². The van der Waals surface area contributed by atoms with Crippen molar-refractivity contribution in [2.45, 2.75) is 23.8 Å². The molecule has 0 spiro atoms. The van der Waals surface area contributed by atoms with Crippen molar-refractivity contribution in [2.24, 2.45) is 10.9 Å². The number of carbonyl (C=O) groups excluding carboxylic acids is 2. The number of halogens is 3. The molecule has 0 radical (unpaired) electrons. The Kier molecular flexibility index (Phi) is 11.6. The van der Waals surface area contributed by atoms with Gasteiger partial charge in [0.25, 0.3) is 12.3 Å². The maximum absolute atomic E-state index is 12.4. The Bertz CT molecular complexity index is 1750. The molecule has 49 heavy (non-hydrogen) atoms. The third kappa shape index (κ3) is 7.90. The smallest absolute Gasteiger partial charge is 0.352 e. The highest BCUT2D eigenvalue weighted by Crippen LogP contribution is 2.41. The van der Waals surface area contributed by atoms with E-state index in [0.717, 1.165) is 28.2 Å². The maximum atomic E-state index is 12.4. The standard InChI is InChI=1S/C25H21F2N5O2S.C8H8ClNO3S/c26-20(27)16-34-31-21(22(28)33)23-29-24(35-32-23)30-25(17-10-4-1-5-11-17,18-12-6-2-7-13-18)19-14-8-3-9-15-19;9-2-4-3-14-6-1-5(11)10(6)7(4)8(12)13/h1-15,20H,16H2,(H2,28,33)(H,29,30,32);6H,1-3H2,(H,12,13)/b31-21+;/t;6-/m.1/s1. The Morgan fingerprint density at radius 3 is 2.04 bits per heavy atom. The van der Waals surface area contributed by atoms with Crippen molar-refractivity contribution in [1.29, 1.82) is 0 Å². The van der Waals surface area contributed by atoms with Crippen LogP contribution >= 0.6 is 34.9 Å². The number of nitrogens with two attached hydrogens (primary N) is 1. The van der Waals surface area contributed by atoms with Gasteiger partial charge in [-0.1, -0.05) is 96.2 Å². The van der Waals surface area contributed by atoms with Gasteiger partial charge in [0.2, 0.25) is 22.6 Å². The van der Waals surface area contributed by atoms with E-state index in [1.165, 1.54) is 4.90 Å². The van der Waals surface area contributed by atoms with E-state index in [1.807, 2.05) is 91.0 Å². The first kappa shape index (κ1) is 35.4. The Labute approximate surface area is 293 Å². The van der Waals surface area contributed by atoms with Crippen molar-refractivity contribution >= 4 is 63.5 Å².